The first-order valence-electron chi connectivity index (χ1n) is 13.6. The van der Waals surface area contributed by atoms with Gasteiger partial charge in [0.1, 0.15) is 29.9 Å². The van der Waals surface area contributed by atoms with Crippen LogP contribution < -0.4 is 43.0 Å². The first-order valence-corrected chi connectivity index (χ1v) is 17.7. The number of primary amides is 2. The molecule has 0 bridgehead atoms. The van der Waals surface area contributed by atoms with Crippen LogP contribution in [0.4, 0.5) is 0 Å². The molecule has 12 N–H and O–H groups in total. The molecule has 0 aliphatic carbocycles. The number of carbonyl (C=O) groups excluding carboxylic acids is 6. The topological polar surface area (TPSA) is 295 Å². The zero-order valence-corrected chi connectivity index (χ0v) is 27.0. The van der Waals surface area contributed by atoms with Gasteiger partial charge in [-0.1, -0.05) is 54.0 Å². The van der Waals surface area contributed by atoms with Crippen molar-refractivity contribution in [3.8, 4) is 5.75 Å². The number of nitrogens with one attached hydrogen (secondary N) is 4. The molecular weight excluding hydrogens is 653 g/mol. The molecule has 0 aromatic heterocycles. The van der Waals surface area contributed by atoms with E-state index >= 15 is 0 Å². The van der Waals surface area contributed by atoms with Crippen molar-refractivity contribution >= 4 is 64.9 Å². The van der Waals surface area contributed by atoms with Gasteiger partial charge in [-0.15, -0.1) is 0 Å². The minimum Gasteiger partial charge on any atom is -0.404 e. The van der Waals surface area contributed by atoms with Gasteiger partial charge in [0.05, 0.1) is 12.5 Å². The molecule has 45 heavy (non-hydrogen) atoms. The fourth-order valence-corrected chi connectivity index (χ4v) is 6.65. The highest BCUT2D eigenvalue weighted by Gasteiger charge is 2.34. The average Bonchev–Trinajstić information content (AvgIpc) is 2.95. The van der Waals surface area contributed by atoms with E-state index in [-0.39, 0.29) is 23.7 Å². The molecule has 1 aromatic rings. The Kier molecular flexibility index (Phi) is 14.6. The first kappa shape index (κ1) is 37.8. The average molecular weight is 692 g/mol. The molecule has 0 radical (unpaired) electrons. The second kappa shape index (κ2) is 17.4. The van der Waals surface area contributed by atoms with Crippen LogP contribution in [0.1, 0.15) is 32.3 Å². The SMILES string of the molecule is CCC(C)C1NC(=O)C(Cc2ccc(OP(=O)(O)O)cc2)NC(=O)C(N)CSSCC(C(N)=O)NC(=O)C(CC(N)=O)NC1=O. The van der Waals surface area contributed by atoms with E-state index in [1.165, 1.54) is 24.3 Å². The first-order chi connectivity index (χ1) is 21.0. The van der Waals surface area contributed by atoms with Crippen LogP contribution in [-0.2, 0) is 39.8 Å². The number of rotatable bonds is 9. The number of phosphoric ester groups is 1. The van der Waals surface area contributed by atoms with Crippen LogP contribution in [0.15, 0.2) is 24.3 Å². The summed E-state index contributed by atoms with van der Waals surface area (Å²) in [5.74, 6) is -5.61. The van der Waals surface area contributed by atoms with E-state index in [1.54, 1.807) is 13.8 Å². The quantitative estimate of drug-likeness (QED) is 0.0980. The Labute approximate surface area is 266 Å². The monoisotopic (exact) mass is 691 g/mol. The molecule has 1 aliphatic heterocycles. The maximum atomic E-state index is 13.6. The fraction of sp³-hybridized carbons (Fsp3) is 0.520. The number of hydrogen-bond donors (Lipinski definition) is 9. The highest BCUT2D eigenvalue weighted by Crippen LogP contribution is 2.37. The van der Waals surface area contributed by atoms with Crippen molar-refractivity contribution in [2.45, 2.75) is 63.3 Å². The van der Waals surface area contributed by atoms with Crippen LogP contribution in [0.25, 0.3) is 0 Å². The normalized spacial score (nSPS) is 25.0. The maximum Gasteiger partial charge on any atom is 0.524 e. The van der Waals surface area contributed by atoms with Crippen molar-refractivity contribution in [2.75, 3.05) is 11.5 Å². The zero-order chi connectivity index (χ0) is 33.9. The van der Waals surface area contributed by atoms with Gasteiger partial charge in [0, 0.05) is 17.9 Å². The van der Waals surface area contributed by atoms with E-state index in [4.69, 9.17) is 27.0 Å². The van der Waals surface area contributed by atoms with Crippen LogP contribution >= 0.6 is 29.4 Å². The summed E-state index contributed by atoms with van der Waals surface area (Å²) >= 11 is 0. The van der Waals surface area contributed by atoms with Crippen molar-refractivity contribution in [3.63, 3.8) is 0 Å². The molecule has 1 aromatic carbocycles. The van der Waals surface area contributed by atoms with E-state index < -0.39 is 85.8 Å². The van der Waals surface area contributed by atoms with Gasteiger partial charge in [0.2, 0.25) is 35.4 Å². The maximum absolute atomic E-state index is 13.6. The van der Waals surface area contributed by atoms with Gasteiger partial charge in [-0.3, -0.25) is 38.6 Å². The second-order valence-corrected chi connectivity index (χ2v) is 13.9. The van der Waals surface area contributed by atoms with Gasteiger partial charge in [-0.25, -0.2) is 4.57 Å². The smallest absolute Gasteiger partial charge is 0.404 e. The van der Waals surface area contributed by atoms with Crippen molar-refractivity contribution in [2.24, 2.45) is 23.1 Å². The van der Waals surface area contributed by atoms with Crippen LogP contribution in [0.2, 0.25) is 0 Å². The number of amides is 6. The van der Waals surface area contributed by atoms with E-state index in [2.05, 4.69) is 25.8 Å². The Morgan fingerprint density at radius 3 is 2.07 bits per heavy atom. The van der Waals surface area contributed by atoms with E-state index in [0.717, 1.165) is 21.6 Å². The lowest BCUT2D eigenvalue weighted by Gasteiger charge is -2.28. The van der Waals surface area contributed by atoms with Gasteiger partial charge in [-0.2, -0.15) is 0 Å². The predicted molar refractivity (Wildman–Crippen MR) is 166 cm³/mol. The lowest BCUT2D eigenvalue weighted by Crippen LogP contribution is -2.60. The van der Waals surface area contributed by atoms with Gasteiger partial charge in [0.15, 0.2) is 0 Å². The number of nitrogens with two attached hydrogens (primary N) is 3. The molecular formula is C25H38N7O10PS2. The third kappa shape index (κ3) is 12.9. The molecule has 6 amide bonds. The van der Waals surface area contributed by atoms with E-state index in [1.807, 2.05) is 0 Å². The number of hydrogen-bond acceptors (Lipinski definition) is 11. The summed E-state index contributed by atoms with van der Waals surface area (Å²) in [6.07, 6.45) is -0.336. The largest absolute Gasteiger partial charge is 0.524 e. The summed E-state index contributed by atoms with van der Waals surface area (Å²) in [7, 11) is -2.61. The standard InChI is InChI=1S/C25H38N7O10PS2/c1-3-12(2)20-25(38)30-17(9-19(27)33)23(36)31-18(21(28)34)11-45-44-10-15(26)22(35)29-16(24(37)32-20)8-13-4-6-14(7-5-13)42-43(39,40)41/h4-7,12,15-18,20H,3,8-11,26H2,1-2H3,(H2,27,33)(H2,28,34)(H,29,35)(H,30,38)(H,31,36)(H,32,37)(H2,39,40,41). The molecule has 1 saturated heterocycles. The highest BCUT2D eigenvalue weighted by molar-refractivity contribution is 8.76. The Bertz CT molecular complexity index is 1300. The summed E-state index contributed by atoms with van der Waals surface area (Å²) in [5.41, 5.74) is 17.2. The molecule has 0 saturated carbocycles. The number of phosphoric acid groups is 1. The van der Waals surface area contributed by atoms with Crippen molar-refractivity contribution in [1.82, 2.24) is 21.3 Å². The molecule has 6 atom stereocenters. The lowest BCUT2D eigenvalue weighted by molar-refractivity contribution is -0.136. The summed E-state index contributed by atoms with van der Waals surface area (Å²) in [6, 6.07) is -0.915. The van der Waals surface area contributed by atoms with Gasteiger partial charge in [0.25, 0.3) is 0 Å². The molecule has 17 nitrogen and oxygen atoms in total. The van der Waals surface area contributed by atoms with Gasteiger partial charge < -0.3 is 43.0 Å². The Morgan fingerprint density at radius 1 is 0.933 bits per heavy atom. The van der Waals surface area contributed by atoms with Crippen LogP contribution in [0.3, 0.4) is 0 Å². The highest BCUT2D eigenvalue weighted by atomic mass is 33.1. The Balaban J connectivity index is 2.45. The molecule has 20 heteroatoms. The van der Waals surface area contributed by atoms with Crippen LogP contribution in [0.5, 0.6) is 5.75 Å². The third-order valence-corrected chi connectivity index (χ3v) is 9.51. The van der Waals surface area contributed by atoms with Crippen molar-refractivity contribution in [3.05, 3.63) is 29.8 Å². The molecule has 1 aliphatic rings. The summed E-state index contributed by atoms with van der Waals surface area (Å²) < 4.78 is 15.7. The molecule has 0 spiro atoms. The molecule has 2 rings (SSSR count). The minimum absolute atomic E-state index is 0.0306. The lowest BCUT2D eigenvalue weighted by atomic mass is 9.96. The second-order valence-electron chi connectivity index (χ2n) is 10.2. The number of carbonyl (C=O) groups is 6. The van der Waals surface area contributed by atoms with Crippen LogP contribution in [0, 0.1) is 5.92 Å². The fourth-order valence-electron chi connectivity index (χ4n) is 3.96. The van der Waals surface area contributed by atoms with Gasteiger partial charge >= 0.3 is 7.82 Å². The molecule has 1 fully saturated rings. The van der Waals surface area contributed by atoms with Crippen molar-refractivity contribution < 1.29 is 47.6 Å². The van der Waals surface area contributed by atoms with Crippen LogP contribution in [-0.4, -0.2) is 86.9 Å². The Morgan fingerprint density at radius 2 is 1.51 bits per heavy atom. The number of benzene rings is 1. The summed E-state index contributed by atoms with van der Waals surface area (Å²) in [4.78, 5) is 94.9. The van der Waals surface area contributed by atoms with Gasteiger partial charge in [-0.05, 0) is 23.6 Å². The summed E-state index contributed by atoms with van der Waals surface area (Å²) in [5, 5.41) is 10.0. The molecule has 1 heterocycles. The third-order valence-electron chi connectivity index (χ3n) is 6.61. The van der Waals surface area contributed by atoms with Crippen molar-refractivity contribution in [1.29, 1.82) is 0 Å². The molecule has 6 unspecified atom stereocenters. The van der Waals surface area contributed by atoms with E-state index in [0.29, 0.717) is 12.0 Å². The Hall–Kier alpha value is -3.35. The van der Waals surface area contributed by atoms with E-state index in [9.17, 15) is 33.3 Å². The predicted octanol–water partition coefficient (Wildman–Crippen LogP) is -2.23. The molecule has 250 valence electrons. The zero-order valence-electron chi connectivity index (χ0n) is 24.5. The minimum atomic E-state index is -4.81. The summed E-state index contributed by atoms with van der Waals surface area (Å²) in [6.45, 7) is 3.42.